The number of carbonyl (C=O) groups is 1. The minimum absolute atomic E-state index is 0.0225. The molecule has 0 spiro atoms. The second-order valence-corrected chi connectivity index (χ2v) is 8.96. The molecular weight excluding hydrogens is 406 g/mol. The number of aliphatic imine (C=N–C) groups is 1. The van der Waals surface area contributed by atoms with Gasteiger partial charge in [-0.2, -0.15) is 0 Å². The van der Waals surface area contributed by atoms with Crippen molar-refractivity contribution in [2.45, 2.75) is 24.8 Å². The molecule has 4 heterocycles. The molecule has 0 aliphatic carbocycles. The molecule has 4 rings (SSSR count). The van der Waals surface area contributed by atoms with Gasteiger partial charge in [0.15, 0.2) is 5.13 Å². The van der Waals surface area contributed by atoms with Crippen LogP contribution in [0, 0.1) is 0 Å². The number of allylic oxidation sites excluding steroid dienone is 3. The number of carboxylic acid groups (broad SMARTS) is 1. The van der Waals surface area contributed by atoms with Crippen LogP contribution >= 0.6 is 34.7 Å². The van der Waals surface area contributed by atoms with Gasteiger partial charge in [-0.25, -0.2) is 9.78 Å². The van der Waals surface area contributed by atoms with Gasteiger partial charge in [-0.15, -0.1) is 11.8 Å². The Bertz CT molecular complexity index is 949. The third-order valence-electron chi connectivity index (χ3n) is 4.81. The summed E-state index contributed by atoms with van der Waals surface area (Å²) in [7, 11) is 1.68. The second kappa shape index (κ2) is 6.88. The van der Waals surface area contributed by atoms with Crippen LogP contribution in [0.4, 0.5) is 5.13 Å². The van der Waals surface area contributed by atoms with E-state index in [-0.39, 0.29) is 11.4 Å². The number of halogens is 1. The van der Waals surface area contributed by atoms with E-state index in [2.05, 4.69) is 15.3 Å². The number of nitrogens with two attached hydrogens (primary N) is 1. The van der Waals surface area contributed by atoms with E-state index in [0.29, 0.717) is 26.6 Å². The average Bonchev–Trinajstić information content (AvgIpc) is 2.97. The van der Waals surface area contributed by atoms with Crippen LogP contribution in [0.3, 0.4) is 0 Å². The smallest absolute Gasteiger partial charge is 0.352 e. The summed E-state index contributed by atoms with van der Waals surface area (Å²) in [6, 6.07) is 0.0225. The van der Waals surface area contributed by atoms with E-state index < -0.39 is 5.97 Å². The molecule has 0 unspecified atom stereocenters. The number of nitrogen functional groups attached to an aromatic ring is 1. The van der Waals surface area contributed by atoms with Gasteiger partial charge in [0.05, 0.1) is 11.7 Å². The molecule has 0 radical (unpaired) electrons. The zero-order valence-electron chi connectivity index (χ0n) is 14.7. The minimum atomic E-state index is -0.869. The minimum Gasteiger partial charge on any atom is -0.477 e. The Labute approximate surface area is 169 Å². The molecule has 0 bridgehead atoms. The molecule has 4 N–H and O–H groups in total. The Hall–Kier alpha value is -1.97. The predicted octanol–water partition coefficient (Wildman–Crippen LogP) is 2.67. The molecule has 0 aromatic carbocycles. The van der Waals surface area contributed by atoms with Crippen molar-refractivity contribution in [3.8, 4) is 0 Å². The van der Waals surface area contributed by atoms with Gasteiger partial charge < -0.3 is 21.1 Å². The van der Waals surface area contributed by atoms with E-state index >= 15 is 0 Å². The van der Waals surface area contributed by atoms with Crippen LogP contribution in [0.15, 0.2) is 39.8 Å². The number of thiazole rings is 1. The number of thioether (sulfide) groups is 1. The molecule has 27 heavy (non-hydrogen) atoms. The summed E-state index contributed by atoms with van der Waals surface area (Å²) in [5.41, 5.74) is 10.1. The first kappa shape index (κ1) is 18.4. The number of nitrogens with zero attached hydrogens (tertiary/aromatic N) is 3. The number of hydrogen-bond donors (Lipinski definition) is 3. The van der Waals surface area contributed by atoms with E-state index in [1.165, 1.54) is 11.3 Å². The fraction of sp³-hybridized carbons (Fsp3) is 0.353. The van der Waals surface area contributed by atoms with E-state index in [1.807, 2.05) is 24.0 Å². The van der Waals surface area contributed by atoms with E-state index in [4.69, 9.17) is 17.3 Å². The number of aliphatic carboxylic acids is 1. The van der Waals surface area contributed by atoms with Gasteiger partial charge >= 0.3 is 5.97 Å². The van der Waals surface area contributed by atoms with Gasteiger partial charge in [0.25, 0.3) is 0 Å². The zero-order chi connectivity index (χ0) is 19.3. The number of hydrogen-bond acceptors (Lipinski definition) is 8. The van der Waals surface area contributed by atoms with Gasteiger partial charge in [-0.1, -0.05) is 29.9 Å². The number of rotatable bonds is 4. The summed E-state index contributed by atoms with van der Waals surface area (Å²) in [4.78, 5) is 22.4. The molecular formula is C17H18ClN5O2S2. The third kappa shape index (κ3) is 2.84. The van der Waals surface area contributed by atoms with Crippen LogP contribution in [0.5, 0.6) is 0 Å². The summed E-state index contributed by atoms with van der Waals surface area (Å²) in [5, 5.41) is 13.6. The summed E-state index contributed by atoms with van der Waals surface area (Å²) in [6.45, 7) is 2.00. The van der Waals surface area contributed by atoms with E-state index in [1.54, 1.807) is 18.8 Å². The van der Waals surface area contributed by atoms with Crippen molar-refractivity contribution in [3.05, 3.63) is 44.8 Å². The SMILES string of the molecule is CCC1=C(C(=O)O)N2C3=CC=C(/C(=N\C)c4nc(N)sc4Cl)N[C@H]3[C@H]2SC1. The van der Waals surface area contributed by atoms with E-state index in [9.17, 15) is 9.90 Å². The summed E-state index contributed by atoms with van der Waals surface area (Å²) >= 11 is 9.22. The fourth-order valence-electron chi connectivity index (χ4n) is 3.56. The van der Waals surface area contributed by atoms with Crippen molar-refractivity contribution in [2.24, 2.45) is 4.99 Å². The van der Waals surface area contributed by atoms with Crippen LogP contribution in [0.25, 0.3) is 0 Å². The van der Waals surface area contributed by atoms with Crippen LogP contribution < -0.4 is 11.1 Å². The lowest BCUT2D eigenvalue weighted by molar-refractivity contribution is -0.135. The maximum atomic E-state index is 11.8. The highest BCUT2D eigenvalue weighted by Gasteiger charge is 2.51. The number of anilines is 1. The highest BCUT2D eigenvalue weighted by molar-refractivity contribution is 8.00. The molecule has 0 saturated carbocycles. The second-order valence-electron chi connectivity index (χ2n) is 6.22. The van der Waals surface area contributed by atoms with Gasteiger partial charge in [0.2, 0.25) is 0 Å². The number of fused-ring (bicyclic) bond motifs is 4. The van der Waals surface area contributed by atoms with Crippen molar-refractivity contribution in [2.75, 3.05) is 18.5 Å². The van der Waals surface area contributed by atoms with Crippen molar-refractivity contribution in [3.63, 3.8) is 0 Å². The molecule has 10 heteroatoms. The van der Waals surface area contributed by atoms with Crippen molar-refractivity contribution >= 4 is 51.5 Å². The maximum Gasteiger partial charge on any atom is 0.352 e. The van der Waals surface area contributed by atoms with Crippen LogP contribution in [-0.4, -0.2) is 50.9 Å². The first-order valence-electron chi connectivity index (χ1n) is 8.40. The molecule has 1 aromatic rings. The van der Waals surface area contributed by atoms with Crippen molar-refractivity contribution in [1.29, 1.82) is 0 Å². The van der Waals surface area contributed by atoms with Crippen LogP contribution in [-0.2, 0) is 4.79 Å². The Morgan fingerprint density at radius 3 is 2.93 bits per heavy atom. The number of carboxylic acids is 1. The van der Waals surface area contributed by atoms with Crippen LogP contribution in [0.1, 0.15) is 19.0 Å². The van der Waals surface area contributed by atoms with Gasteiger partial charge in [-0.05, 0) is 24.1 Å². The largest absolute Gasteiger partial charge is 0.477 e. The summed E-state index contributed by atoms with van der Waals surface area (Å²) in [5.74, 6) is -0.140. The van der Waals surface area contributed by atoms with Gasteiger partial charge in [-0.3, -0.25) is 4.99 Å². The Morgan fingerprint density at radius 1 is 1.56 bits per heavy atom. The lowest BCUT2D eigenvalue weighted by Crippen LogP contribution is -2.64. The fourth-order valence-corrected chi connectivity index (χ4v) is 5.98. The molecule has 1 fully saturated rings. The predicted molar refractivity (Wildman–Crippen MR) is 110 cm³/mol. The Morgan fingerprint density at radius 2 is 2.33 bits per heavy atom. The number of nitrogens with one attached hydrogen (secondary N) is 1. The molecule has 0 amide bonds. The molecule has 1 saturated heterocycles. The van der Waals surface area contributed by atoms with Crippen molar-refractivity contribution in [1.82, 2.24) is 15.2 Å². The van der Waals surface area contributed by atoms with E-state index in [0.717, 1.165) is 29.1 Å². The average molecular weight is 424 g/mol. The number of aromatic nitrogens is 1. The lowest BCUT2D eigenvalue weighted by atomic mass is 9.94. The monoisotopic (exact) mass is 423 g/mol. The third-order valence-corrected chi connectivity index (χ3v) is 7.23. The van der Waals surface area contributed by atoms with Crippen LogP contribution in [0.2, 0.25) is 4.34 Å². The topological polar surface area (TPSA) is 104 Å². The number of dihydropyridines is 1. The summed E-state index contributed by atoms with van der Waals surface area (Å²) < 4.78 is 0.497. The zero-order valence-corrected chi connectivity index (χ0v) is 17.1. The van der Waals surface area contributed by atoms with Gasteiger partial charge in [0, 0.05) is 18.5 Å². The molecule has 2 atom stereocenters. The molecule has 7 nitrogen and oxygen atoms in total. The molecule has 3 aliphatic heterocycles. The quantitative estimate of drug-likeness (QED) is 0.639. The lowest BCUT2D eigenvalue weighted by Gasteiger charge is -2.55. The standard InChI is InChI=1S/C17H18ClN5O2S2/c1-3-7-6-26-15-11-9(23(15)13(7)16(24)25)5-4-8(21-11)10(20-2)12-14(18)27-17(19)22-12/h4-5,11,15,21H,3,6H2,1-2H3,(H2,19,22)(H,24,25)/b20-10+/t11-,15-/m1/s1. The van der Waals surface area contributed by atoms with Crippen molar-refractivity contribution < 1.29 is 9.90 Å². The molecule has 3 aliphatic rings. The Kier molecular flexibility index (Phi) is 4.69. The molecule has 1 aromatic heterocycles. The molecule has 142 valence electrons. The van der Waals surface area contributed by atoms with Gasteiger partial charge in [0.1, 0.15) is 26.8 Å². The highest BCUT2D eigenvalue weighted by atomic mass is 35.5. The normalized spacial score (nSPS) is 24.4. The first-order chi connectivity index (χ1) is 13.0. The highest BCUT2D eigenvalue weighted by Crippen LogP contribution is 2.47. The summed E-state index contributed by atoms with van der Waals surface area (Å²) in [6.07, 6.45) is 4.57. The first-order valence-corrected chi connectivity index (χ1v) is 10.6. The Balaban J connectivity index is 1.69. The maximum absolute atomic E-state index is 11.8.